The number of carbonyl (C=O) groups excluding carboxylic acids is 2. The predicted octanol–water partition coefficient (Wildman–Crippen LogP) is 2.57. The van der Waals surface area contributed by atoms with Gasteiger partial charge in [0.15, 0.2) is 0 Å². The van der Waals surface area contributed by atoms with Crippen LogP contribution in [0.3, 0.4) is 0 Å². The Bertz CT molecular complexity index is 536. The van der Waals surface area contributed by atoms with Crippen LogP contribution in [-0.2, 0) is 9.59 Å². The standard InChI is InChI=1S/C17H24N2O2/c1-12-7-8-16(13(2)11-12)19(14(3)20)10-9-18-17(21)15-5-4-6-15/h7-8,11,15H,4-6,9-10H2,1-3H3,(H,18,21). The molecule has 0 aromatic heterocycles. The molecule has 1 aromatic carbocycles. The van der Waals surface area contributed by atoms with E-state index >= 15 is 0 Å². The first-order chi connectivity index (χ1) is 9.99. The first-order valence-corrected chi connectivity index (χ1v) is 7.62. The smallest absolute Gasteiger partial charge is 0.223 e. The number of aryl methyl sites for hydroxylation is 2. The largest absolute Gasteiger partial charge is 0.354 e. The van der Waals surface area contributed by atoms with Crippen LogP contribution in [0, 0.1) is 19.8 Å². The minimum atomic E-state index is -0.000142. The molecule has 0 atom stereocenters. The van der Waals surface area contributed by atoms with Gasteiger partial charge in [-0.15, -0.1) is 0 Å². The highest BCUT2D eigenvalue weighted by Crippen LogP contribution is 2.26. The fraction of sp³-hybridized carbons (Fsp3) is 0.529. The van der Waals surface area contributed by atoms with Crippen LogP contribution in [0.5, 0.6) is 0 Å². The molecule has 0 unspecified atom stereocenters. The molecule has 4 heteroatoms. The van der Waals surface area contributed by atoms with Crippen LogP contribution in [0.4, 0.5) is 5.69 Å². The maximum Gasteiger partial charge on any atom is 0.223 e. The summed E-state index contributed by atoms with van der Waals surface area (Å²) in [6, 6.07) is 6.04. The molecular weight excluding hydrogens is 264 g/mol. The fourth-order valence-corrected chi connectivity index (χ4v) is 2.66. The zero-order chi connectivity index (χ0) is 15.4. The maximum atomic E-state index is 11.9. The van der Waals surface area contributed by atoms with Crippen molar-refractivity contribution in [2.45, 2.75) is 40.0 Å². The van der Waals surface area contributed by atoms with Crippen LogP contribution >= 0.6 is 0 Å². The highest BCUT2D eigenvalue weighted by atomic mass is 16.2. The van der Waals surface area contributed by atoms with Gasteiger partial charge in [0.2, 0.25) is 11.8 Å². The quantitative estimate of drug-likeness (QED) is 0.905. The zero-order valence-corrected chi connectivity index (χ0v) is 13.1. The van der Waals surface area contributed by atoms with E-state index in [0.29, 0.717) is 13.1 Å². The summed E-state index contributed by atoms with van der Waals surface area (Å²) in [5.74, 6) is 0.321. The van der Waals surface area contributed by atoms with Crippen molar-refractivity contribution in [1.82, 2.24) is 5.32 Å². The molecule has 0 radical (unpaired) electrons. The lowest BCUT2D eigenvalue weighted by Crippen LogP contribution is -2.41. The van der Waals surface area contributed by atoms with Gasteiger partial charge in [-0.05, 0) is 38.3 Å². The van der Waals surface area contributed by atoms with Crippen molar-refractivity contribution in [3.8, 4) is 0 Å². The van der Waals surface area contributed by atoms with Gasteiger partial charge in [-0.25, -0.2) is 0 Å². The predicted molar refractivity (Wildman–Crippen MR) is 84.3 cm³/mol. The topological polar surface area (TPSA) is 49.4 Å². The number of rotatable bonds is 5. The molecular formula is C17H24N2O2. The summed E-state index contributed by atoms with van der Waals surface area (Å²) in [6.07, 6.45) is 3.15. The lowest BCUT2D eigenvalue weighted by Gasteiger charge is -2.26. The Hall–Kier alpha value is -1.84. The first-order valence-electron chi connectivity index (χ1n) is 7.62. The molecule has 1 saturated carbocycles. The van der Waals surface area contributed by atoms with Gasteiger partial charge in [-0.3, -0.25) is 9.59 Å². The highest BCUT2D eigenvalue weighted by molar-refractivity contribution is 5.92. The Kier molecular flexibility index (Phi) is 4.99. The fourth-order valence-electron chi connectivity index (χ4n) is 2.66. The van der Waals surface area contributed by atoms with Crippen molar-refractivity contribution in [3.63, 3.8) is 0 Å². The average Bonchev–Trinajstić information content (AvgIpc) is 2.33. The lowest BCUT2D eigenvalue weighted by molar-refractivity contribution is -0.127. The van der Waals surface area contributed by atoms with E-state index in [2.05, 4.69) is 11.4 Å². The van der Waals surface area contributed by atoms with Gasteiger partial charge >= 0.3 is 0 Å². The van der Waals surface area contributed by atoms with Crippen LogP contribution < -0.4 is 10.2 Å². The molecule has 1 aliphatic carbocycles. The molecule has 0 saturated heterocycles. The maximum absolute atomic E-state index is 11.9. The van der Waals surface area contributed by atoms with Crippen molar-refractivity contribution in [2.24, 2.45) is 5.92 Å². The van der Waals surface area contributed by atoms with Crippen molar-refractivity contribution >= 4 is 17.5 Å². The number of nitrogens with one attached hydrogen (secondary N) is 1. The summed E-state index contributed by atoms with van der Waals surface area (Å²) in [6.45, 7) is 6.62. The molecule has 0 heterocycles. The number of carbonyl (C=O) groups is 2. The van der Waals surface area contributed by atoms with Crippen molar-refractivity contribution in [1.29, 1.82) is 0 Å². The SMILES string of the molecule is CC(=O)N(CCNC(=O)C1CCC1)c1ccc(C)cc1C. The average molecular weight is 288 g/mol. The molecule has 2 rings (SSSR count). The first kappa shape index (κ1) is 15.5. The summed E-state index contributed by atoms with van der Waals surface area (Å²) in [5.41, 5.74) is 3.18. The van der Waals surface area contributed by atoms with Gasteiger partial charge in [0, 0.05) is 31.6 Å². The van der Waals surface area contributed by atoms with Crippen LogP contribution in [0.1, 0.15) is 37.3 Å². The number of hydrogen-bond acceptors (Lipinski definition) is 2. The third-order valence-corrected chi connectivity index (χ3v) is 4.13. The van der Waals surface area contributed by atoms with Gasteiger partial charge in [-0.1, -0.05) is 24.1 Å². The van der Waals surface area contributed by atoms with E-state index in [1.165, 1.54) is 5.56 Å². The second-order valence-electron chi connectivity index (χ2n) is 5.88. The van der Waals surface area contributed by atoms with Crippen LogP contribution in [0.25, 0.3) is 0 Å². The van der Waals surface area contributed by atoms with E-state index in [1.54, 1.807) is 11.8 Å². The van der Waals surface area contributed by atoms with Crippen molar-refractivity contribution in [2.75, 3.05) is 18.0 Å². The molecule has 114 valence electrons. The van der Waals surface area contributed by atoms with E-state index in [0.717, 1.165) is 30.5 Å². The molecule has 1 aliphatic rings. The molecule has 21 heavy (non-hydrogen) atoms. The summed E-state index contributed by atoms with van der Waals surface area (Å²) >= 11 is 0. The Morgan fingerprint density at radius 3 is 2.52 bits per heavy atom. The third kappa shape index (κ3) is 3.84. The molecule has 0 spiro atoms. The minimum Gasteiger partial charge on any atom is -0.354 e. The second-order valence-corrected chi connectivity index (χ2v) is 5.88. The van der Waals surface area contributed by atoms with E-state index < -0.39 is 0 Å². The summed E-state index contributed by atoms with van der Waals surface area (Å²) in [4.78, 5) is 25.4. The molecule has 1 fully saturated rings. The second kappa shape index (κ2) is 6.74. The third-order valence-electron chi connectivity index (χ3n) is 4.13. The summed E-state index contributed by atoms with van der Waals surface area (Å²) in [5, 5.41) is 2.94. The molecule has 4 nitrogen and oxygen atoms in total. The van der Waals surface area contributed by atoms with Gasteiger partial charge in [0.05, 0.1) is 0 Å². The van der Waals surface area contributed by atoms with Gasteiger partial charge in [0.1, 0.15) is 0 Å². The monoisotopic (exact) mass is 288 g/mol. The Labute approximate surface area is 126 Å². The molecule has 0 bridgehead atoms. The zero-order valence-electron chi connectivity index (χ0n) is 13.1. The van der Waals surface area contributed by atoms with E-state index in [-0.39, 0.29) is 17.7 Å². The molecule has 1 N–H and O–H groups in total. The molecule has 0 aliphatic heterocycles. The van der Waals surface area contributed by atoms with Crippen LogP contribution in [0.15, 0.2) is 18.2 Å². The van der Waals surface area contributed by atoms with E-state index in [4.69, 9.17) is 0 Å². The lowest BCUT2D eigenvalue weighted by atomic mass is 9.85. The summed E-state index contributed by atoms with van der Waals surface area (Å²) in [7, 11) is 0. The van der Waals surface area contributed by atoms with E-state index in [9.17, 15) is 9.59 Å². The molecule has 1 aromatic rings. The van der Waals surface area contributed by atoms with Crippen molar-refractivity contribution < 1.29 is 9.59 Å². The van der Waals surface area contributed by atoms with E-state index in [1.807, 2.05) is 26.0 Å². The number of nitrogens with zero attached hydrogens (tertiary/aromatic N) is 1. The Morgan fingerprint density at radius 2 is 2.00 bits per heavy atom. The van der Waals surface area contributed by atoms with Crippen LogP contribution in [-0.4, -0.2) is 24.9 Å². The number of benzene rings is 1. The van der Waals surface area contributed by atoms with Crippen molar-refractivity contribution in [3.05, 3.63) is 29.3 Å². The normalized spacial score (nSPS) is 14.4. The summed E-state index contributed by atoms with van der Waals surface area (Å²) < 4.78 is 0. The van der Waals surface area contributed by atoms with Gasteiger partial charge in [0.25, 0.3) is 0 Å². The number of amides is 2. The Balaban J connectivity index is 1.95. The highest BCUT2D eigenvalue weighted by Gasteiger charge is 2.25. The van der Waals surface area contributed by atoms with Crippen LogP contribution in [0.2, 0.25) is 0 Å². The number of anilines is 1. The minimum absolute atomic E-state index is 0.000142. The molecule has 2 amide bonds. The van der Waals surface area contributed by atoms with Gasteiger partial charge in [-0.2, -0.15) is 0 Å². The van der Waals surface area contributed by atoms with Gasteiger partial charge < -0.3 is 10.2 Å². The Morgan fingerprint density at radius 1 is 1.29 bits per heavy atom. The number of hydrogen-bond donors (Lipinski definition) is 1.